The average molecular weight is 272 g/mol. The lowest BCUT2D eigenvalue weighted by atomic mass is 10.1. The molecule has 0 saturated carbocycles. The molecule has 1 aromatic carbocycles. The topological polar surface area (TPSA) is 36.4 Å². The number of aliphatic imine (C=N–C) groups is 1. The SMILES string of the molecule is CCNC(=NCCc1c(F)cccc1Cl)NCC. The van der Waals surface area contributed by atoms with E-state index in [1.807, 2.05) is 13.8 Å². The number of rotatable bonds is 5. The summed E-state index contributed by atoms with van der Waals surface area (Å²) in [6.45, 7) is 6.09. The Bertz CT molecular complexity index is 379. The molecule has 0 heterocycles. The van der Waals surface area contributed by atoms with Crippen molar-refractivity contribution in [3.05, 3.63) is 34.6 Å². The fourth-order valence-electron chi connectivity index (χ4n) is 1.56. The molecule has 0 aliphatic heterocycles. The van der Waals surface area contributed by atoms with Crippen molar-refractivity contribution in [3.63, 3.8) is 0 Å². The van der Waals surface area contributed by atoms with Gasteiger partial charge in [0.2, 0.25) is 0 Å². The summed E-state index contributed by atoms with van der Waals surface area (Å²) in [7, 11) is 0. The maximum Gasteiger partial charge on any atom is 0.191 e. The van der Waals surface area contributed by atoms with Crippen LogP contribution >= 0.6 is 11.6 Å². The number of halogens is 2. The Morgan fingerprint density at radius 2 is 1.94 bits per heavy atom. The lowest BCUT2D eigenvalue weighted by Gasteiger charge is -2.09. The summed E-state index contributed by atoms with van der Waals surface area (Å²) in [4.78, 5) is 4.35. The van der Waals surface area contributed by atoms with Gasteiger partial charge in [-0.05, 0) is 32.4 Å². The first-order valence-corrected chi connectivity index (χ1v) is 6.51. The van der Waals surface area contributed by atoms with Gasteiger partial charge in [-0.3, -0.25) is 4.99 Å². The highest BCUT2D eigenvalue weighted by Gasteiger charge is 2.06. The third-order valence-corrected chi connectivity index (χ3v) is 2.74. The molecular formula is C13H19ClFN3. The lowest BCUT2D eigenvalue weighted by molar-refractivity contribution is 0.609. The minimum absolute atomic E-state index is 0.272. The van der Waals surface area contributed by atoms with Crippen LogP contribution in [0, 0.1) is 5.82 Å². The van der Waals surface area contributed by atoms with Gasteiger partial charge in [0, 0.05) is 30.2 Å². The number of nitrogens with one attached hydrogen (secondary N) is 2. The van der Waals surface area contributed by atoms with Gasteiger partial charge in [0.15, 0.2) is 5.96 Å². The van der Waals surface area contributed by atoms with E-state index < -0.39 is 0 Å². The Kier molecular flexibility index (Phi) is 6.50. The largest absolute Gasteiger partial charge is 0.357 e. The smallest absolute Gasteiger partial charge is 0.191 e. The highest BCUT2D eigenvalue weighted by molar-refractivity contribution is 6.31. The van der Waals surface area contributed by atoms with Crippen LogP contribution in [0.1, 0.15) is 19.4 Å². The summed E-state index contributed by atoms with van der Waals surface area (Å²) in [6, 6.07) is 4.72. The summed E-state index contributed by atoms with van der Waals surface area (Å²) >= 11 is 5.95. The van der Waals surface area contributed by atoms with Crippen molar-refractivity contribution in [2.45, 2.75) is 20.3 Å². The number of nitrogens with zero attached hydrogens (tertiary/aromatic N) is 1. The predicted molar refractivity (Wildman–Crippen MR) is 74.8 cm³/mol. The molecule has 5 heteroatoms. The number of hydrogen-bond acceptors (Lipinski definition) is 1. The summed E-state index contributed by atoms with van der Waals surface area (Å²) in [5.74, 6) is 0.471. The molecule has 0 fully saturated rings. The zero-order chi connectivity index (χ0) is 13.4. The van der Waals surface area contributed by atoms with Gasteiger partial charge >= 0.3 is 0 Å². The lowest BCUT2D eigenvalue weighted by Crippen LogP contribution is -2.37. The second kappa shape index (κ2) is 7.93. The Morgan fingerprint density at radius 3 is 2.50 bits per heavy atom. The van der Waals surface area contributed by atoms with Crippen molar-refractivity contribution in [1.82, 2.24) is 10.6 Å². The standard InChI is InChI=1S/C13H19ClFN3/c1-3-16-13(17-4-2)18-9-8-10-11(14)6-5-7-12(10)15/h5-7H,3-4,8-9H2,1-2H3,(H2,16,17,18). The minimum atomic E-state index is -0.272. The molecular weight excluding hydrogens is 253 g/mol. The average Bonchev–Trinajstić information content (AvgIpc) is 2.33. The Morgan fingerprint density at radius 1 is 1.28 bits per heavy atom. The van der Waals surface area contributed by atoms with Gasteiger partial charge in [-0.15, -0.1) is 0 Å². The Labute approximate surface area is 112 Å². The van der Waals surface area contributed by atoms with Crippen LogP contribution in [0.25, 0.3) is 0 Å². The Hall–Kier alpha value is -1.29. The number of benzene rings is 1. The second-order valence-corrected chi connectivity index (χ2v) is 4.15. The van der Waals surface area contributed by atoms with Crippen molar-refractivity contribution >= 4 is 17.6 Å². The first-order chi connectivity index (χ1) is 8.69. The van der Waals surface area contributed by atoms with Crippen molar-refractivity contribution < 1.29 is 4.39 Å². The molecule has 0 amide bonds. The maximum absolute atomic E-state index is 13.5. The second-order valence-electron chi connectivity index (χ2n) is 3.74. The van der Waals surface area contributed by atoms with Crippen molar-refractivity contribution in [2.75, 3.05) is 19.6 Å². The van der Waals surface area contributed by atoms with Crippen LogP contribution in [0.2, 0.25) is 5.02 Å². The van der Waals surface area contributed by atoms with E-state index >= 15 is 0 Å². The third kappa shape index (κ3) is 4.53. The normalized spacial score (nSPS) is 10.0. The highest BCUT2D eigenvalue weighted by atomic mass is 35.5. The molecule has 3 nitrogen and oxygen atoms in total. The highest BCUT2D eigenvalue weighted by Crippen LogP contribution is 2.19. The molecule has 0 spiro atoms. The van der Waals surface area contributed by atoms with Crippen molar-refractivity contribution in [3.8, 4) is 0 Å². The van der Waals surface area contributed by atoms with Gasteiger partial charge in [-0.1, -0.05) is 17.7 Å². The minimum Gasteiger partial charge on any atom is -0.357 e. The van der Waals surface area contributed by atoms with E-state index in [1.54, 1.807) is 12.1 Å². The van der Waals surface area contributed by atoms with Gasteiger partial charge in [-0.25, -0.2) is 4.39 Å². The van der Waals surface area contributed by atoms with Gasteiger partial charge in [0.05, 0.1) is 0 Å². The molecule has 0 atom stereocenters. The molecule has 0 bridgehead atoms. The van der Waals surface area contributed by atoms with Crippen LogP contribution in [0.5, 0.6) is 0 Å². The monoisotopic (exact) mass is 271 g/mol. The molecule has 0 radical (unpaired) electrons. The summed E-state index contributed by atoms with van der Waals surface area (Å²) < 4.78 is 13.5. The Balaban J connectivity index is 2.61. The van der Waals surface area contributed by atoms with Gasteiger partial charge in [-0.2, -0.15) is 0 Å². The van der Waals surface area contributed by atoms with Gasteiger partial charge < -0.3 is 10.6 Å². The van der Waals surface area contributed by atoms with E-state index in [2.05, 4.69) is 15.6 Å². The number of hydrogen-bond donors (Lipinski definition) is 2. The van der Waals surface area contributed by atoms with E-state index in [0.717, 1.165) is 19.0 Å². The zero-order valence-corrected chi connectivity index (χ0v) is 11.5. The van der Waals surface area contributed by atoms with Crippen molar-refractivity contribution in [1.29, 1.82) is 0 Å². The predicted octanol–water partition coefficient (Wildman–Crippen LogP) is 2.60. The molecule has 0 aliphatic carbocycles. The molecule has 0 saturated heterocycles. The molecule has 1 aromatic rings. The van der Waals surface area contributed by atoms with Crippen molar-refractivity contribution in [2.24, 2.45) is 4.99 Å². The van der Waals surface area contributed by atoms with Crippen LogP contribution in [0.3, 0.4) is 0 Å². The molecule has 100 valence electrons. The summed E-state index contributed by atoms with van der Waals surface area (Å²) in [5.41, 5.74) is 0.523. The molecule has 2 N–H and O–H groups in total. The first kappa shape index (κ1) is 14.8. The van der Waals surface area contributed by atoms with E-state index in [0.29, 0.717) is 23.6 Å². The van der Waals surface area contributed by atoms with Gasteiger partial charge in [0.25, 0.3) is 0 Å². The van der Waals surface area contributed by atoms with E-state index in [9.17, 15) is 4.39 Å². The fraction of sp³-hybridized carbons (Fsp3) is 0.462. The van der Waals surface area contributed by atoms with Crippen LogP contribution in [0.15, 0.2) is 23.2 Å². The quantitative estimate of drug-likeness (QED) is 0.638. The summed E-state index contributed by atoms with van der Waals surface area (Å²) in [5, 5.41) is 6.68. The van der Waals surface area contributed by atoms with Crippen LogP contribution in [0.4, 0.5) is 4.39 Å². The van der Waals surface area contributed by atoms with Crippen LogP contribution in [-0.4, -0.2) is 25.6 Å². The molecule has 18 heavy (non-hydrogen) atoms. The molecule has 0 aliphatic rings. The third-order valence-electron chi connectivity index (χ3n) is 2.38. The maximum atomic E-state index is 13.5. The molecule has 0 aromatic heterocycles. The number of guanidine groups is 1. The van der Waals surface area contributed by atoms with Crippen LogP contribution < -0.4 is 10.6 Å². The van der Waals surface area contributed by atoms with E-state index in [-0.39, 0.29) is 5.82 Å². The molecule has 1 rings (SSSR count). The summed E-state index contributed by atoms with van der Waals surface area (Å²) in [6.07, 6.45) is 0.492. The van der Waals surface area contributed by atoms with Crippen LogP contribution in [-0.2, 0) is 6.42 Å². The van der Waals surface area contributed by atoms with E-state index in [4.69, 9.17) is 11.6 Å². The van der Waals surface area contributed by atoms with E-state index in [1.165, 1.54) is 6.07 Å². The van der Waals surface area contributed by atoms with Gasteiger partial charge in [0.1, 0.15) is 5.82 Å². The fourth-order valence-corrected chi connectivity index (χ4v) is 1.82. The molecule has 0 unspecified atom stereocenters. The zero-order valence-electron chi connectivity index (χ0n) is 10.8. The first-order valence-electron chi connectivity index (χ1n) is 6.14.